The summed E-state index contributed by atoms with van der Waals surface area (Å²) in [5.41, 5.74) is 3.67. The topological polar surface area (TPSA) is 77.0 Å². The maximum absolute atomic E-state index is 12.4. The van der Waals surface area contributed by atoms with E-state index >= 15 is 0 Å². The molecular weight excluding hydrogens is 496 g/mol. The molecule has 170 valence electrons. The van der Waals surface area contributed by atoms with Gasteiger partial charge in [-0.15, -0.1) is 0 Å². The number of esters is 1. The Kier molecular flexibility index (Phi) is 7.34. The first-order valence-corrected chi connectivity index (χ1v) is 11.3. The molecule has 0 unspecified atom stereocenters. The minimum atomic E-state index is -0.733. The normalized spacial score (nSPS) is 11.8. The van der Waals surface area contributed by atoms with E-state index in [1.165, 1.54) is 6.21 Å². The molecule has 4 rings (SSSR count). The number of nitrogens with one attached hydrogen (secondary N) is 1. The molecule has 0 heterocycles. The van der Waals surface area contributed by atoms with E-state index in [-0.39, 0.29) is 5.91 Å². The lowest BCUT2D eigenvalue weighted by molar-refractivity contribution is -0.127. The van der Waals surface area contributed by atoms with Crippen molar-refractivity contribution in [2.24, 2.45) is 5.10 Å². The van der Waals surface area contributed by atoms with Crippen LogP contribution >= 0.6 is 15.9 Å². The first-order chi connectivity index (χ1) is 16.5. The fourth-order valence-electron chi connectivity index (χ4n) is 3.18. The highest BCUT2D eigenvalue weighted by Crippen LogP contribution is 2.26. The van der Waals surface area contributed by atoms with Crippen molar-refractivity contribution >= 4 is 44.8 Å². The summed E-state index contributed by atoms with van der Waals surface area (Å²) < 4.78 is 12.1. The number of halogens is 1. The maximum atomic E-state index is 12.4. The van der Waals surface area contributed by atoms with E-state index < -0.39 is 12.1 Å². The van der Waals surface area contributed by atoms with Crippen LogP contribution in [0.5, 0.6) is 11.5 Å². The van der Waals surface area contributed by atoms with Gasteiger partial charge in [0, 0.05) is 9.86 Å². The quantitative estimate of drug-likeness (QED) is 0.147. The van der Waals surface area contributed by atoms with Gasteiger partial charge in [-0.25, -0.2) is 10.2 Å². The van der Waals surface area contributed by atoms with Crippen molar-refractivity contribution in [1.29, 1.82) is 0 Å². The fourth-order valence-corrected chi connectivity index (χ4v) is 3.44. The van der Waals surface area contributed by atoms with Gasteiger partial charge in [-0.05, 0) is 72.5 Å². The van der Waals surface area contributed by atoms with Crippen molar-refractivity contribution in [2.45, 2.75) is 13.0 Å². The van der Waals surface area contributed by atoms with Crippen LogP contribution < -0.4 is 14.9 Å². The number of nitrogens with zero attached hydrogens (tertiary/aromatic N) is 1. The Bertz CT molecular complexity index is 1330. The van der Waals surface area contributed by atoms with Crippen molar-refractivity contribution < 1.29 is 19.1 Å². The molecule has 0 bridgehead atoms. The molecule has 0 aliphatic rings. The first kappa shape index (κ1) is 23.2. The van der Waals surface area contributed by atoms with Crippen LogP contribution in [0.15, 0.2) is 101 Å². The molecule has 0 aromatic heterocycles. The standard InChI is InChI=1S/C27H21BrN2O4/c1-18(33-25-8-4-6-20-5-2-3-7-24(20)25)26(31)30-29-17-19-9-15-23(16-10-19)34-27(32)21-11-13-22(28)14-12-21/h2-18H,1H3,(H,30,31)/b29-17-/t18-/m0/s1. The van der Waals surface area contributed by atoms with Gasteiger partial charge in [0.1, 0.15) is 11.5 Å². The van der Waals surface area contributed by atoms with Gasteiger partial charge in [0.15, 0.2) is 6.10 Å². The second-order valence-corrected chi connectivity index (χ2v) is 8.35. The van der Waals surface area contributed by atoms with Crippen LogP contribution in [0, 0.1) is 0 Å². The molecule has 1 amide bonds. The van der Waals surface area contributed by atoms with Gasteiger partial charge in [-0.3, -0.25) is 4.79 Å². The first-order valence-electron chi connectivity index (χ1n) is 10.5. The molecule has 0 saturated heterocycles. The Morgan fingerprint density at radius 2 is 1.62 bits per heavy atom. The molecule has 0 fully saturated rings. The third-order valence-electron chi connectivity index (χ3n) is 4.98. The monoisotopic (exact) mass is 516 g/mol. The molecule has 6 nitrogen and oxygen atoms in total. The van der Waals surface area contributed by atoms with Crippen molar-refractivity contribution in [3.05, 3.63) is 107 Å². The molecular formula is C27H21BrN2O4. The summed E-state index contributed by atoms with van der Waals surface area (Å²) in [5.74, 6) is 0.231. The van der Waals surface area contributed by atoms with Crippen LogP contribution in [0.25, 0.3) is 10.8 Å². The molecule has 0 spiro atoms. The van der Waals surface area contributed by atoms with Gasteiger partial charge in [-0.1, -0.05) is 52.3 Å². The summed E-state index contributed by atoms with van der Waals surface area (Å²) >= 11 is 3.33. The average molecular weight is 517 g/mol. The number of hydrazone groups is 1. The minimum absolute atomic E-state index is 0.371. The van der Waals surface area contributed by atoms with Crippen molar-refractivity contribution in [3.63, 3.8) is 0 Å². The Morgan fingerprint density at radius 3 is 2.38 bits per heavy atom. The molecule has 4 aromatic rings. The lowest BCUT2D eigenvalue weighted by atomic mass is 10.1. The Hall–Kier alpha value is -3.97. The van der Waals surface area contributed by atoms with E-state index in [1.54, 1.807) is 55.5 Å². The summed E-state index contributed by atoms with van der Waals surface area (Å²) in [7, 11) is 0. The van der Waals surface area contributed by atoms with E-state index in [9.17, 15) is 9.59 Å². The average Bonchev–Trinajstić information content (AvgIpc) is 2.85. The third-order valence-corrected chi connectivity index (χ3v) is 5.51. The van der Waals surface area contributed by atoms with Crippen LogP contribution in [0.2, 0.25) is 0 Å². The summed E-state index contributed by atoms with van der Waals surface area (Å²) in [4.78, 5) is 24.6. The number of ether oxygens (including phenoxy) is 2. The minimum Gasteiger partial charge on any atom is -0.480 e. The lowest BCUT2D eigenvalue weighted by Gasteiger charge is -2.14. The molecule has 7 heteroatoms. The highest BCUT2D eigenvalue weighted by atomic mass is 79.9. The number of hydrogen-bond donors (Lipinski definition) is 1. The second-order valence-electron chi connectivity index (χ2n) is 7.44. The maximum Gasteiger partial charge on any atom is 0.343 e. The number of fused-ring (bicyclic) bond motifs is 1. The number of carbonyl (C=O) groups is 2. The van der Waals surface area contributed by atoms with Crippen LogP contribution in [-0.2, 0) is 4.79 Å². The van der Waals surface area contributed by atoms with Gasteiger partial charge in [0.2, 0.25) is 0 Å². The van der Waals surface area contributed by atoms with Gasteiger partial charge in [0.05, 0.1) is 11.8 Å². The predicted molar refractivity (Wildman–Crippen MR) is 135 cm³/mol. The molecule has 0 saturated carbocycles. The largest absolute Gasteiger partial charge is 0.480 e. The van der Waals surface area contributed by atoms with Crippen LogP contribution in [0.4, 0.5) is 0 Å². The van der Waals surface area contributed by atoms with Gasteiger partial charge in [0.25, 0.3) is 5.91 Å². The zero-order valence-electron chi connectivity index (χ0n) is 18.3. The zero-order chi connectivity index (χ0) is 23.9. The summed E-state index contributed by atoms with van der Waals surface area (Å²) in [6.07, 6.45) is 0.770. The van der Waals surface area contributed by atoms with E-state index in [1.807, 2.05) is 42.5 Å². The molecule has 4 aromatic carbocycles. The van der Waals surface area contributed by atoms with E-state index in [4.69, 9.17) is 9.47 Å². The predicted octanol–water partition coefficient (Wildman–Crippen LogP) is 5.74. The number of amides is 1. The van der Waals surface area contributed by atoms with E-state index in [0.717, 1.165) is 20.8 Å². The van der Waals surface area contributed by atoms with Crippen molar-refractivity contribution in [1.82, 2.24) is 5.43 Å². The van der Waals surface area contributed by atoms with Gasteiger partial charge >= 0.3 is 5.97 Å². The Labute approximate surface area is 205 Å². The van der Waals surface area contributed by atoms with Crippen molar-refractivity contribution in [2.75, 3.05) is 0 Å². The fraction of sp³-hybridized carbons (Fsp3) is 0.0741. The van der Waals surface area contributed by atoms with E-state index in [2.05, 4.69) is 26.5 Å². The van der Waals surface area contributed by atoms with Gasteiger partial charge in [-0.2, -0.15) is 5.10 Å². The summed E-state index contributed by atoms with van der Waals surface area (Å²) in [6.45, 7) is 1.67. The van der Waals surface area contributed by atoms with E-state index in [0.29, 0.717) is 17.1 Å². The smallest absolute Gasteiger partial charge is 0.343 e. The second kappa shape index (κ2) is 10.8. The highest BCUT2D eigenvalue weighted by Gasteiger charge is 2.15. The third kappa shape index (κ3) is 5.88. The molecule has 1 atom stereocenters. The number of carbonyl (C=O) groups excluding carboxylic acids is 2. The lowest BCUT2D eigenvalue weighted by Crippen LogP contribution is -2.33. The number of rotatable bonds is 7. The number of benzene rings is 4. The Morgan fingerprint density at radius 1 is 0.912 bits per heavy atom. The molecule has 1 N–H and O–H groups in total. The zero-order valence-corrected chi connectivity index (χ0v) is 19.9. The van der Waals surface area contributed by atoms with Crippen LogP contribution in [-0.4, -0.2) is 24.2 Å². The van der Waals surface area contributed by atoms with Gasteiger partial charge < -0.3 is 9.47 Å². The molecule has 0 radical (unpaired) electrons. The number of hydrogen-bond acceptors (Lipinski definition) is 5. The Balaban J connectivity index is 1.30. The van der Waals surface area contributed by atoms with Crippen molar-refractivity contribution in [3.8, 4) is 11.5 Å². The highest BCUT2D eigenvalue weighted by molar-refractivity contribution is 9.10. The van der Waals surface area contributed by atoms with Crippen LogP contribution in [0.1, 0.15) is 22.8 Å². The molecule has 0 aliphatic carbocycles. The molecule has 34 heavy (non-hydrogen) atoms. The summed E-state index contributed by atoms with van der Waals surface area (Å²) in [5, 5.41) is 5.97. The SMILES string of the molecule is C[C@H](Oc1cccc2ccccc12)C(=O)N/N=C\c1ccc(OC(=O)c2ccc(Br)cc2)cc1. The summed E-state index contributed by atoms with van der Waals surface area (Å²) in [6, 6.07) is 27.2. The van der Waals surface area contributed by atoms with Crippen LogP contribution in [0.3, 0.4) is 0 Å². The molecule has 0 aliphatic heterocycles.